The van der Waals surface area contributed by atoms with Crippen molar-refractivity contribution in [3.05, 3.63) is 60.4 Å². The second-order valence-electron chi connectivity index (χ2n) is 4.54. The van der Waals surface area contributed by atoms with Gasteiger partial charge >= 0.3 is 5.97 Å². The molecular weight excluding hydrogens is 271 g/mol. The average Bonchev–Trinajstić information content (AvgIpc) is 2.47. The predicted molar refractivity (Wildman–Crippen MR) is 78.8 cm³/mol. The maximum Gasteiger partial charge on any atom is 0.338 e. The van der Waals surface area contributed by atoms with Gasteiger partial charge in [-0.25, -0.2) is 9.18 Å². The topological polar surface area (TPSA) is 35.5 Å². The first-order valence-corrected chi connectivity index (χ1v) is 6.33. The van der Waals surface area contributed by atoms with Crippen molar-refractivity contribution in [1.82, 2.24) is 0 Å². The van der Waals surface area contributed by atoms with E-state index in [0.717, 1.165) is 5.56 Å². The third-order valence-electron chi connectivity index (χ3n) is 2.90. The fraction of sp³-hybridized carbons (Fsp3) is 0.118. The molecule has 0 aliphatic rings. The van der Waals surface area contributed by atoms with Gasteiger partial charge in [0.2, 0.25) is 0 Å². The van der Waals surface area contributed by atoms with Gasteiger partial charge in [0.15, 0.2) is 11.6 Å². The zero-order valence-electron chi connectivity index (χ0n) is 11.9. The van der Waals surface area contributed by atoms with Crippen LogP contribution in [0.3, 0.4) is 0 Å². The van der Waals surface area contributed by atoms with E-state index >= 15 is 0 Å². The molecular formula is C17H15FO3. The number of rotatable bonds is 4. The molecule has 0 heterocycles. The Morgan fingerprint density at radius 2 is 1.71 bits per heavy atom. The van der Waals surface area contributed by atoms with E-state index in [1.54, 1.807) is 43.3 Å². The Hall–Kier alpha value is -2.62. The molecule has 0 fully saturated rings. The minimum absolute atomic E-state index is 0.200. The minimum Gasteiger partial charge on any atom is -0.494 e. The fourth-order valence-electron chi connectivity index (χ4n) is 1.76. The molecule has 0 bridgehead atoms. The molecule has 0 saturated heterocycles. The number of carbonyl (C=O) groups is 1. The molecule has 2 aromatic carbocycles. The number of hydrogen-bond donors (Lipinski definition) is 0. The van der Waals surface area contributed by atoms with Gasteiger partial charge in [-0.1, -0.05) is 24.8 Å². The Kier molecular flexibility index (Phi) is 4.38. The monoisotopic (exact) mass is 286 g/mol. The highest BCUT2D eigenvalue weighted by molar-refractivity contribution is 5.88. The van der Waals surface area contributed by atoms with Crippen LogP contribution in [0.5, 0.6) is 11.5 Å². The highest BCUT2D eigenvalue weighted by atomic mass is 19.1. The van der Waals surface area contributed by atoms with Crippen molar-refractivity contribution in [3.63, 3.8) is 0 Å². The Labute approximate surface area is 122 Å². The van der Waals surface area contributed by atoms with Crippen LogP contribution in [0.4, 0.5) is 4.39 Å². The van der Waals surface area contributed by atoms with E-state index in [2.05, 4.69) is 6.58 Å². The number of halogens is 1. The van der Waals surface area contributed by atoms with E-state index in [1.807, 2.05) is 0 Å². The summed E-state index contributed by atoms with van der Waals surface area (Å²) in [7, 11) is 1.42. The third kappa shape index (κ3) is 3.48. The van der Waals surface area contributed by atoms with E-state index in [9.17, 15) is 9.18 Å². The summed E-state index contributed by atoms with van der Waals surface area (Å²) in [6, 6.07) is 11.5. The van der Waals surface area contributed by atoms with Gasteiger partial charge in [-0.05, 0) is 42.3 Å². The van der Waals surface area contributed by atoms with Crippen molar-refractivity contribution in [2.75, 3.05) is 7.11 Å². The molecule has 0 atom stereocenters. The van der Waals surface area contributed by atoms with Crippen LogP contribution >= 0.6 is 0 Å². The van der Waals surface area contributed by atoms with Crippen LogP contribution < -0.4 is 9.47 Å². The zero-order chi connectivity index (χ0) is 15.4. The number of carbonyl (C=O) groups excluding carboxylic acids is 1. The molecule has 4 heteroatoms. The Morgan fingerprint density at radius 1 is 1.10 bits per heavy atom. The van der Waals surface area contributed by atoms with Crippen molar-refractivity contribution in [3.8, 4) is 22.6 Å². The Balaban J connectivity index is 2.21. The van der Waals surface area contributed by atoms with E-state index in [4.69, 9.17) is 9.47 Å². The lowest BCUT2D eigenvalue weighted by atomic mass is 10.1. The first-order chi connectivity index (χ1) is 10.0. The second-order valence-corrected chi connectivity index (χ2v) is 4.54. The molecule has 0 unspecified atom stereocenters. The Morgan fingerprint density at radius 3 is 2.24 bits per heavy atom. The van der Waals surface area contributed by atoms with E-state index in [0.29, 0.717) is 16.9 Å². The number of benzene rings is 2. The van der Waals surface area contributed by atoms with Gasteiger partial charge in [-0.15, -0.1) is 0 Å². The molecule has 3 nitrogen and oxygen atoms in total. The van der Waals surface area contributed by atoms with Gasteiger partial charge in [-0.2, -0.15) is 0 Å². The highest BCUT2D eigenvalue weighted by Gasteiger charge is 2.07. The molecule has 0 spiro atoms. The first kappa shape index (κ1) is 14.8. The van der Waals surface area contributed by atoms with Crippen molar-refractivity contribution in [2.45, 2.75) is 6.92 Å². The molecule has 0 N–H and O–H groups in total. The summed E-state index contributed by atoms with van der Waals surface area (Å²) in [5, 5.41) is 0. The molecule has 0 aliphatic heterocycles. The lowest BCUT2D eigenvalue weighted by Crippen LogP contribution is -2.07. The van der Waals surface area contributed by atoms with Crippen molar-refractivity contribution in [2.24, 2.45) is 0 Å². The maximum absolute atomic E-state index is 13.7. The molecule has 0 radical (unpaired) electrons. The van der Waals surface area contributed by atoms with Crippen LogP contribution in [0.2, 0.25) is 0 Å². The first-order valence-electron chi connectivity index (χ1n) is 6.33. The molecule has 0 aromatic heterocycles. The SMILES string of the molecule is C=C(C)C(=O)Oc1ccc(-c2ccc(OC)c(F)c2)cc1. The molecule has 108 valence electrons. The minimum atomic E-state index is -0.474. The molecule has 2 rings (SSSR count). The van der Waals surface area contributed by atoms with Crippen LogP contribution in [-0.2, 0) is 4.79 Å². The van der Waals surface area contributed by atoms with Gasteiger partial charge in [0, 0.05) is 5.57 Å². The number of methoxy groups -OCH3 is 1. The van der Waals surface area contributed by atoms with Crippen LogP contribution in [0, 0.1) is 5.82 Å². The fourth-order valence-corrected chi connectivity index (χ4v) is 1.76. The largest absolute Gasteiger partial charge is 0.494 e. The van der Waals surface area contributed by atoms with Crippen LogP contribution in [0.15, 0.2) is 54.6 Å². The average molecular weight is 286 g/mol. The van der Waals surface area contributed by atoms with Crippen LogP contribution in [-0.4, -0.2) is 13.1 Å². The van der Waals surface area contributed by atoms with Crippen molar-refractivity contribution in [1.29, 1.82) is 0 Å². The summed E-state index contributed by atoms with van der Waals surface area (Å²) in [5.74, 6) is -0.280. The summed E-state index contributed by atoms with van der Waals surface area (Å²) in [5.41, 5.74) is 1.86. The molecule has 2 aromatic rings. The van der Waals surface area contributed by atoms with Crippen LogP contribution in [0.25, 0.3) is 11.1 Å². The summed E-state index contributed by atoms with van der Waals surface area (Å²) in [6.45, 7) is 5.09. The van der Waals surface area contributed by atoms with Gasteiger partial charge < -0.3 is 9.47 Å². The molecule has 0 amide bonds. The molecule has 0 saturated carbocycles. The van der Waals surface area contributed by atoms with Crippen molar-refractivity contribution < 1.29 is 18.7 Å². The molecule has 0 aliphatic carbocycles. The molecule has 21 heavy (non-hydrogen) atoms. The lowest BCUT2D eigenvalue weighted by molar-refractivity contribution is -0.130. The van der Waals surface area contributed by atoms with E-state index < -0.39 is 11.8 Å². The number of ether oxygens (including phenoxy) is 2. The van der Waals surface area contributed by atoms with E-state index in [1.165, 1.54) is 13.2 Å². The number of hydrogen-bond acceptors (Lipinski definition) is 3. The highest BCUT2D eigenvalue weighted by Crippen LogP contribution is 2.27. The summed E-state index contributed by atoms with van der Waals surface area (Å²) >= 11 is 0. The number of esters is 1. The summed E-state index contributed by atoms with van der Waals surface area (Å²) in [6.07, 6.45) is 0. The van der Waals surface area contributed by atoms with Gasteiger partial charge in [-0.3, -0.25) is 0 Å². The normalized spacial score (nSPS) is 10.0. The Bertz CT molecular complexity index is 675. The van der Waals surface area contributed by atoms with Crippen molar-refractivity contribution >= 4 is 5.97 Å². The van der Waals surface area contributed by atoms with E-state index in [-0.39, 0.29) is 5.75 Å². The van der Waals surface area contributed by atoms with Gasteiger partial charge in [0.05, 0.1) is 7.11 Å². The lowest BCUT2D eigenvalue weighted by Gasteiger charge is -2.07. The summed E-state index contributed by atoms with van der Waals surface area (Å²) in [4.78, 5) is 11.4. The van der Waals surface area contributed by atoms with Gasteiger partial charge in [0.1, 0.15) is 5.75 Å². The smallest absolute Gasteiger partial charge is 0.338 e. The van der Waals surface area contributed by atoms with Crippen LogP contribution in [0.1, 0.15) is 6.92 Å². The second kappa shape index (κ2) is 6.22. The third-order valence-corrected chi connectivity index (χ3v) is 2.90. The zero-order valence-corrected chi connectivity index (χ0v) is 11.9. The quantitative estimate of drug-likeness (QED) is 0.484. The standard InChI is InChI=1S/C17H15FO3/c1-11(2)17(19)21-14-7-4-12(5-8-14)13-6-9-16(20-3)15(18)10-13/h4-10H,1H2,2-3H3. The van der Waals surface area contributed by atoms with Gasteiger partial charge in [0.25, 0.3) is 0 Å². The maximum atomic E-state index is 13.7. The summed E-state index contributed by atoms with van der Waals surface area (Å²) < 4.78 is 23.6. The predicted octanol–water partition coefficient (Wildman–Crippen LogP) is 3.98.